The van der Waals surface area contributed by atoms with Crippen molar-refractivity contribution in [3.05, 3.63) is 75.5 Å². The van der Waals surface area contributed by atoms with E-state index in [4.69, 9.17) is 20.8 Å². The van der Waals surface area contributed by atoms with E-state index in [-0.39, 0.29) is 5.78 Å². The molecule has 146 valence electrons. The highest BCUT2D eigenvalue weighted by Gasteiger charge is 2.26. The second kappa shape index (κ2) is 7.68. The molecule has 0 N–H and O–H groups in total. The van der Waals surface area contributed by atoms with E-state index in [1.807, 2.05) is 36.6 Å². The number of nitrogens with zero attached hydrogens (tertiary/aromatic N) is 1. The molecule has 3 rings (SSSR count). The van der Waals surface area contributed by atoms with Crippen molar-refractivity contribution in [1.29, 1.82) is 0 Å². The molecule has 0 saturated heterocycles. The lowest BCUT2D eigenvalue weighted by molar-refractivity contribution is 0.0317. The molecule has 0 unspecified atom stereocenters. The first-order valence-corrected chi connectivity index (χ1v) is 9.34. The number of halogens is 1. The van der Waals surface area contributed by atoms with Gasteiger partial charge in [-0.05, 0) is 71.0 Å². The first kappa shape index (κ1) is 20.0. The molecule has 6 heteroatoms. The Hall–Kier alpha value is -2.79. The molecule has 28 heavy (non-hydrogen) atoms. The minimum Gasteiger partial charge on any atom is -0.466 e. The fourth-order valence-electron chi connectivity index (χ4n) is 3.33. The highest BCUT2D eigenvalue weighted by atomic mass is 35.5. The lowest BCUT2D eigenvalue weighted by Crippen LogP contribution is -2.25. The number of carbonyl (C=O) groups excluding carboxylic acids is 2. The second-order valence-corrected chi connectivity index (χ2v) is 7.27. The van der Waals surface area contributed by atoms with Crippen LogP contribution in [0.1, 0.15) is 50.5 Å². The number of furan rings is 1. The van der Waals surface area contributed by atoms with Crippen molar-refractivity contribution >= 4 is 23.4 Å². The number of rotatable bonds is 5. The van der Waals surface area contributed by atoms with Gasteiger partial charge in [-0.25, -0.2) is 4.79 Å². The number of carbonyl (C=O) groups is 2. The van der Waals surface area contributed by atoms with Gasteiger partial charge in [-0.2, -0.15) is 0 Å². The lowest BCUT2D eigenvalue weighted by Gasteiger charge is -2.13. The molecule has 1 atom stereocenters. The molecular weight excluding hydrogens is 378 g/mol. The van der Waals surface area contributed by atoms with Gasteiger partial charge in [0.1, 0.15) is 17.1 Å². The van der Waals surface area contributed by atoms with Crippen LogP contribution in [0.25, 0.3) is 5.69 Å². The first-order valence-electron chi connectivity index (χ1n) is 8.96. The molecule has 0 spiro atoms. The predicted molar refractivity (Wildman–Crippen MR) is 108 cm³/mol. The van der Waals surface area contributed by atoms with E-state index < -0.39 is 12.1 Å². The average molecular weight is 400 g/mol. The zero-order valence-electron chi connectivity index (χ0n) is 16.5. The van der Waals surface area contributed by atoms with Gasteiger partial charge in [0.15, 0.2) is 6.10 Å². The Kier molecular flexibility index (Phi) is 5.47. The molecule has 0 fully saturated rings. The summed E-state index contributed by atoms with van der Waals surface area (Å²) >= 11 is 5.97. The molecule has 0 amide bonds. The quantitative estimate of drug-likeness (QED) is 0.426. The summed E-state index contributed by atoms with van der Waals surface area (Å²) in [5.74, 6) is 0.277. The third-order valence-corrected chi connectivity index (χ3v) is 4.95. The second-order valence-electron chi connectivity index (χ2n) is 6.84. The van der Waals surface area contributed by atoms with Crippen LogP contribution in [0.4, 0.5) is 0 Å². The smallest absolute Gasteiger partial charge is 0.342 e. The normalized spacial score (nSPS) is 12.1. The standard InChI is InChI=1S/C22H22ClNO4/c1-12-10-19(14(3)24(12)18-8-6-17(23)7-9-18)21(25)16(5)28-22(26)20-11-13(2)27-15(20)4/h6-11,16H,1-5H3/t16-/m0/s1. The Bertz CT molecular complexity index is 1040. The summed E-state index contributed by atoms with van der Waals surface area (Å²) in [6.45, 7) is 8.82. The van der Waals surface area contributed by atoms with E-state index in [1.54, 1.807) is 39.0 Å². The molecule has 3 aromatic rings. The van der Waals surface area contributed by atoms with Crippen LogP contribution in [0, 0.1) is 27.7 Å². The monoisotopic (exact) mass is 399 g/mol. The van der Waals surface area contributed by atoms with Crippen LogP contribution in [0.5, 0.6) is 0 Å². The number of Topliss-reactive ketones (excluding diaryl/α,β-unsaturated/α-hetero) is 1. The van der Waals surface area contributed by atoms with Crippen molar-refractivity contribution < 1.29 is 18.7 Å². The molecule has 2 heterocycles. The number of hydrogen-bond acceptors (Lipinski definition) is 4. The van der Waals surface area contributed by atoms with E-state index in [9.17, 15) is 9.59 Å². The molecule has 0 aliphatic heterocycles. The van der Waals surface area contributed by atoms with Crippen molar-refractivity contribution in [3.63, 3.8) is 0 Å². The maximum Gasteiger partial charge on any atom is 0.342 e. The van der Waals surface area contributed by atoms with Gasteiger partial charge in [0, 0.05) is 27.7 Å². The van der Waals surface area contributed by atoms with Crippen molar-refractivity contribution in [3.8, 4) is 5.69 Å². The molecule has 2 aromatic heterocycles. The Morgan fingerprint density at radius 1 is 1.04 bits per heavy atom. The van der Waals surface area contributed by atoms with Crippen molar-refractivity contribution in [2.45, 2.75) is 40.7 Å². The molecule has 0 saturated carbocycles. The molecule has 0 bridgehead atoms. The van der Waals surface area contributed by atoms with E-state index in [0.717, 1.165) is 17.1 Å². The first-order chi connectivity index (χ1) is 13.2. The molecule has 0 aliphatic rings. The Morgan fingerprint density at radius 2 is 1.68 bits per heavy atom. The predicted octanol–water partition coefficient (Wildman–Crippen LogP) is 5.39. The summed E-state index contributed by atoms with van der Waals surface area (Å²) in [5.41, 5.74) is 3.45. The van der Waals surface area contributed by atoms with Gasteiger partial charge in [0.2, 0.25) is 5.78 Å². The number of aryl methyl sites for hydroxylation is 3. The number of ether oxygens (including phenoxy) is 1. The summed E-state index contributed by atoms with van der Waals surface area (Å²) in [4.78, 5) is 25.3. The fraction of sp³-hybridized carbons (Fsp3) is 0.273. The number of esters is 1. The van der Waals surface area contributed by atoms with Crippen molar-refractivity contribution in [2.75, 3.05) is 0 Å². The minimum atomic E-state index is -0.915. The molecule has 0 aliphatic carbocycles. The highest BCUT2D eigenvalue weighted by molar-refractivity contribution is 6.30. The van der Waals surface area contributed by atoms with E-state index in [1.165, 1.54) is 0 Å². The zero-order chi connectivity index (χ0) is 20.6. The summed E-state index contributed by atoms with van der Waals surface area (Å²) in [7, 11) is 0. The molecule has 5 nitrogen and oxygen atoms in total. The maximum atomic E-state index is 12.9. The Labute approximate surface area is 168 Å². The zero-order valence-corrected chi connectivity index (χ0v) is 17.3. The highest BCUT2D eigenvalue weighted by Crippen LogP contribution is 2.24. The van der Waals surface area contributed by atoms with E-state index in [2.05, 4.69) is 0 Å². The van der Waals surface area contributed by atoms with Gasteiger partial charge in [-0.15, -0.1) is 0 Å². The lowest BCUT2D eigenvalue weighted by atomic mass is 10.1. The molecular formula is C22H22ClNO4. The molecule has 1 aromatic carbocycles. The van der Waals surface area contributed by atoms with Crippen LogP contribution in [0.3, 0.4) is 0 Å². The van der Waals surface area contributed by atoms with Gasteiger partial charge in [0.05, 0.1) is 0 Å². The largest absolute Gasteiger partial charge is 0.466 e. The fourth-order valence-corrected chi connectivity index (χ4v) is 3.46. The number of benzene rings is 1. The van der Waals surface area contributed by atoms with E-state index >= 15 is 0 Å². The maximum absolute atomic E-state index is 12.9. The number of hydrogen-bond donors (Lipinski definition) is 0. The number of ketones is 1. The van der Waals surface area contributed by atoms with Crippen LogP contribution >= 0.6 is 11.6 Å². The Balaban J connectivity index is 1.84. The van der Waals surface area contributed by atoms with Gasteiger partial charge >= 0.3 is 5.97 Å². The molecule has 0 radical (unpaired) electrons. The minimum absolute atomic E-state index is 0.250. The average Bonchev–Trinajstić information content (AvgIpc) is 3.13. The summed E-state index contributed by atoms with van der Waals surface area (Å²) in [6.07, 6.45) is -0.915. The third kappa shape index (κ3) is 3.76. The van der Waals surface area contributed by atoms with Crippen molar-refractivity contribution in [2.24, 2.45) is 0 Å². The van der Waals surface area contributed by atoms with Crippen LogP contribution in [-0.2, 0) is 4.74 Å². The van der Waals surface area contributed by atoms with Crippen LogP contribution in [-0.4, -0.2) is 22.4 Å². The van der Waals surface area contributed by atoms with Gasteiger partial charge in [0.25, 0.3) is 0 Å². The van der Waals surface area contributed by atoms with Crippen LogP contribution in [0.15, 0.2) is 40.8 Å². The SMILES string of the molecule is Cc1cc(C(=O)O[C@@H](C)C(=O)c2cc(C)n(-c3ccc(Cl)cc3)c2C)c(C)o1. The van der Waals surface area contributed by atoms with Gasteiger partial charge in [-0.3, -0.25) is 4.79 Å². The van der Waals surface area contributed by atoms with Crippen LogP contribution < -0.4 is 0 Å². The van der Waals surface area contributed by atoms with Crippen LogP contribution in [0.2, 0.25) is 5.02 Å². The summed E-state index contributed by atoms with van der Waals surface area (Å²) in [6, 6.07) is 10.8. The van der Waals surface area contributed by atoms with Gasteiger partial charge < -0.3 is 13.7 Å². The number of aromatic nitrogens is 1. The van der Waals surface area contributed by atoms with Crippen molar-refractivity contribution in [1.82, 2.24) is 4.57 Å². The van der Waals surface area contributed by atoms with E-state index in [0.29, 0.717) is 27.7 Å². The van der Waals surface area contributed by atoms with Gasteiger partial charge in [-0.1, -0.05) is 11.6 Å². The topological polar surface area (TPSA) is 61.4 Å². The Morgan fingerprint density at radius 3 is 2.25 bits per heavy atom. The summed E-state index contributed by atoms with van der Waals surface area (Å²) in [5, 5.41) is 0.646. The third-order valence-electron chi connectivity index (χ3n) is 4.70. The summed E-state index contributed by atoms with van der Waals surface area (Å²) < 4.78 is 12.7.